The van der Waals surface area contributed by atoms with E-state index in [1.54, 1.807) is 15.7 Å². The van der Waals surface area contributed by atoms with Gasteiger partial charge in [-0.25, -0.2) is 0 Å². The van der Waals surface area contributed by atoms with Crippen LogP contribution in [0.3, 0.4) is 0 Å². The molecule has 0 amide bonds. The largest absolute Gasteiger partial charge is 0.312 e. The Balaban J connectivity index is 2.04. The minimum absolute atomic E-state index is 0.203. The van der Waals surface area contributed by atoms with Crippen LogP contribution < -0.4 is 5.32 Å². The third-order valence-corrected chi connectivity index (χ3v) is 6.12. The molecule has 5 nitrogen and oxygen atoms in total. The van der Waals surface area contributed by atoms with E-state index in [4.69, 9.17) is 0 Å². The minimum atomic E-state index is -3.27. The van der Waals surface area contributed by atoms with Gasteiger partial charge in [0, 0.05) is 38.8 Å². The fourth-order valence-electron chi connectivity index (χ4n) is 2.92. The molecular weight excluding hydrogens is 250 g/mol. The molecule has 0 aromatic heterocycles. The summed E-state index contributed by atoms with van der Waals surface area (Å²) in [4.78, 5) is 0. The molecule has 106 valence electrons. The molecule has 0 spiro atoms. The van der Waals surface area contributed by atoms with Crippen LogP contribution in [0.1, 0.15) is 39.0 Å². The Morgan fingerprint density at radius 1 is 1.22 bits per heavy atom. The highest BCUT2D eigenvalue weighted by molar-refractivity contribution is 7.86. The van der Waals surface area contributed by atoms with Gasteiger partial charge in [-0.2, -0.15) is 17.0 Å². The van der Waals surface area contributed by atoms with Gasteiger partial charge < -0.3 is 5.32 Å². The average Bonchev–Trinajstić information content (AvgIpc) is 2.39. The predicted molar refractivity (Wildman–Crippen MR) is 72.6 cm³/mol. The molecule has 1 saturated heterocycles. The van der Waals surface area contributed by atoms with Gasteiger partial charge in [-0.1, -0.05) is 19.3 Å². The van der Waals surface area contributed by atoms with E-state index in [-0.39, 0.29) is 12.1 Å². The molecule has 18 heavy (non-hydrogen) atoms. The van der Waals surface area contributed by atoms with E-state index in [0.29, 0.717) is 13.1 Å². The lowest BCUT2D eigenvalue weighted by molar-refractivity contribution is 0.244. The lowest BCUT2D eigenvalue weighted by Gasteiger charge is -2.37. The van der Waals surface area contributed by atoms with Crippen molar-refractivity contribution in [3.63, 3.8) is 0 Å². The molecule has 0 aromatic rings. The van der Waals surface area contributed by atoms with Crippen molar-refractivity contribution in [2.45, 2.75) is 51.1 Å². The van der Waals surface area contributed by atoms with Crippen LogP contribution in [-0.2, 0) is 10.2 Å². The van der Waals surface area contributed by atoms with Crippen molar-refractivity contribution in [2.75, 3.05) is 26.7 Å². The summed E-state index contributed by atoms with van der Waals surface area (Å²) in [6.45, 7) is 3.95. The summed E-state index contributed by atoms with van der Waals surface area (Å²) in [5.74, 6) is 0. The molecular formula is C12H25N3O2S. The maximum Gasteiger partial charge on any atom is 0.282 e. The number of piperazine rings is 1. The fourth-order valence-corrected chi connectivity index (χ4v) is 4.61. The first-order valence-corrected chi connectivity index (χ1v) is 8.38. The summed E-state index contributed by atoms with van der Waals surface area (Å²) < 4.78 is 28.4. The summed E-state index contributed by atoms with van der Waals surface area (Å²) in [6.07, 6.45) is 5.58. The molecule has 2 rings (SSSR count). The molecule has 6 heteroatoms. The second-order valence-corrected chi connectivity index (χ2v) is 7.52. The van der Waals surface area contributed by atoms with Crippen molar-refractivity contribution >= 4 is 10.2 Å². The molecule has 2 aliphatic rings. The smallest absolute Gasteiger partial charge is 0.282 e. The first kappa shape index (κ1) is 14.2. The SMILES string of the molecule is C[C@@H]1CN(S(=O)(=O)N(C)C2CCCCC2)CCN1. The van der Waals surface area contributed by atoms with Crippen LogP contribution in [0.4, 0.5) is 0 Å². The summed E-state index contributed by atoms with van der Waals surface area (Å²) in [5, 5.41) is 3.28. The number of nitrogens with zero attached hydrogens (tertiary/aromatic N) is 2. The summed E-state index contributed by atoms with van der Waals surface area (Å²) >= 11 is 0. The second-order valence-electron chi connectivity index (χ2n) is 5.53. The van der Waals surface area contributed by atoms with Gasteiger partial charge in [0.15, 0.2) is 0 Å². The first-order chi connectivity index (χ1) is 8.51. The Morgan fingerprint density at radius 3 is 2.50 bits per heavy atom. The topological polar surface area (TPSA) is 52.7 Å². The van der Waals surface area contributed by atoms with Crippen LogP contribution in [0.25, 0.3) is 0 Å². The van der Waals surface area contributed by atoms with E-state index in [2.05, 4.69) is 5.32 Å². The van der Waals surface area contributed by atoms with E-state index in [0.717, 1.165) is 32.2 Å². The van der Waals surface area contributed by atoms with E-state index >= 15 is 0 Å². The molecule has 1 atom stereocenters. The van der Waals surface area contributed by atoms with Gasteiger partial charge in [0.05, 0.1) is 0 Å². The highest BCUT2D eigenvalue weighted by atomic mass is 32.2. The minimum Gasteiger partial charge on any atom is -0.312 e. The van der Waals surface area contributed by atoms with Crippen LogP contribution in [-0.4, -0.2) is 55.8 Å². The fraction of sp³-hybridized carbons (Fsp3) is 1.00. The van der Waals surface area contributed by atoms with Gasteiger partial charge in [-0.05, 0) is 19.8 Å². The number of rotatable bonds is 3. The summed E-state index contributed by atoms with van der Waals surface area (Å²) in [7, 11) is -1.52. The highest BCUT2D eigenvalue weighted by Crippen LogP contribution is 2.25. The second kappa shape index (κ2) is 5.86. The molecule has 0 radical (unpaired) electrons. The van der Waals surface area contributed by atoms with Gasteiger partial charge in [0.2, 0.25) is 0 Å². The normalized spacial score (nSPS) is 28.7. The van der Waals surface area contributed by atoms with Crippen molar-refractivity contribution in [3.05, 3.63) is 0 Å². The molecule has 2 fully saturated rings. The van der Waals surface area contributed by atoms with Crippen LogP contribution >= 0.6 is 0 Å². The van der Waals surface area contributed by atoms with Crippen molar-refractivity contribution in [1.82, 2.24) is 13.9 Å². The van der Waals surface area contributed by atoms with E-state index < -0.39 is 10.2 Å². The lowest BCUT2D eigenvalue weighted by Crippen LogP contribution is -2.56. The molecule has 1 heterocycles. The molecule has 1 N–H and O–H groups in total. The third-order valence-electron chi connectivity index (χ3n) is 4.11. The zero-order valence-corrected chi connectivity index (χ0v) is 12.2. The van der Waals surface area contributed by atoms with Gasteiger partial charge in [-0.15, -0.1) is 0 Å². The zero-order valence-electron chi connectivity index (χ0n) is 11.4. The third kappa shape index (κ3) is 3.04. The van der Waals surface area contributed by atoms with Gasteiger partial charge >= 0.3 is 0 Å². The zero-order chi connectivity index (χ0) is 13.2. The molecule has 0 unspecified atom stereocenters. The lowest BCUT2D eigenvalue weighted by atomic mass is 9.96. The van der Waals surface area contributed by atoms with Gasteiger partial charge in [0.1, 0.15) is 0 Å². The Labute approximate surface area is 111 Å². The molecule has 1 aliphatic heterocycles. The highest BCUT2D eigenvalue weighted by Gasteiger charge is 2.34. The van der Waals surface area contributed by atoms with Crippen LogP contribution in [0.15, 0.2) is 0 Å². The predicted octanol–water partition coefficient (Wildman–Crippen LogP) is 0.789. The van der Waals surface area contributed by atoms with Crippen molar-refractivity contribution in [1.29, 1.82) is 0 Å². The monoisotopic (exact) mass is 275 g/mol. The van der Waals surface area contributed by atoms with Crippen LogP contribution in [0, 0.1) is 0 Å². The van der Waals surface area contributed by atoms with Crippen molar-refractivity contribution in [3.8, 4) is 0 Å². The standard InChI is InChI=1S/C12H25N3O2S/c1-11-10-15(9-8-13-11)18(16,17)14(2)12-6-4-3-5-7-12/h11-13H,3-10H2,1-2H3/t11-/m1/s1. The molecule has 0 bridgehead atoms. The van der Waals surface area contributed by atoms with Crippen molar-refractivity contribution in [2.24, 2.45) is 0 Å². The summed E-state index contributed by atoms with van der Waals surface area (Å²) in [5.41, 5.74) is 0. The number of nitrogens with one attached hydrogen (secondary N) is 1. The Morgan fingerprint density at radius 2 is 1.89 bits per heavy atom. The van der Waals surface area contributed by atoms with Crippen molar-refractivity contribution < 1.29 is 8.42 Å². The van der Waals surface area contributed by atoms with E-state index in [1.807, 2.05) is 6.92 Å². The molecule has 1 saturated carbocycles. The van der Waals surface area contributed by atoms with Crippen LogP contribution in [0.2, 0.25) is 0 Å². The first-order valence-electron chi connectivity index (χ1n) is 6.98. The number of hydrogen-bond acceptors (Lipinski definition) is 3. The van der Waals surface area contributed by atoms with E-state index in [1.165, 1.54) is 6.42 Å². The Bertz CT molecular complexity index is 366. The summed E-state index contributed by atoms with van der Waals surface area (Å²) in [6, 6.07) is 0.447. The quantitative estimate of drug-likeness (QED) is 0.828. The van der Waals surface area contributed by atoms with E-state index in [9.17, 15) is 8.42 Å². The van der Waals surface area contributed by atoms with Gasteiger partial charge in [-0.3, -0.25) is 0 Å². The van der Waals surface area contributed by atoms with Gasteiger partial charge in [0.25, 0.3) is 10.2 Å². The Hall–Kier alpha value is -0.170. The average molecular weight is 275 g/mol. The Kier molecular flexibility index (Phi) is 4.64. The molecule has 1 aliphatic carbocycles. The maximum absolute atomic E-state index is 12.6. The number of hydrogen-bond donors (Lipinski definition) is 1. The maximum atomic E-state index is 12.6. The van der Waals surface area contributed by atoms with Crippen LogP contribution in [0.5, 0.6) is 0 Å². The molecule has 0 aromatic carbocycles.